The van der Waals surface area contributed by atoms with Crippen LogP contribution in [-0.2, 0) is 14.8 Å². The number of nitrogens with one attached hydrogen (secondary N) is 1. The first-order valence-corrected chi connectivity index (χ1v) is 13.1. The second-order valence-electron chi connectivity index (χ2n) is 9.01. The average Bonchev–Trinajstić information content (AvgIpc) is 3.11. The molecule has 0 saturated carbocycles. The number of piperazine rings is 1. The average molecular weight is 478 g/mol. The maximum absolute atomic E-state index is 13.4. The fourth-order valence-corrected chi connectivity index (χ4v) is 6.38. The molecule has 0 bridgehead atoms. The number of nitrogens with zero attached hydrogens (tertiary/aromatic N) is 4. The number of sulfonamides is 1. The fourth-order valence-electron chi connectivity index (χ4n) is 4.92. The van der Waals surface area contributed by atoms with Crippen molar-refractivity contribution in [3.05, 3.63) is 35.0 Å². The predicted molar refractivity (Wildman–Crippen MR) is 126 cm³/mol. The maximum atomic E-state index is 13.4. The molecule has 10 heteroatoms. The van der Waals surface area contributed by atoms with Crippen molar-refractivity contribution < 1.29 is 17.9 Å². The zero-order valence-corrected chi connectivity index (χ0v) is 20.8. The highest BCUT2D eigenvalue weighted by atomic mass is 32.2. The molecule has 1 amide bonds. The second-order valence-corrected chi connectivity index (χ2v) is 11.0. The van der Waals surface area contributed by atoms with Crippen LogP contribution in [0.15, 0.2) is 34.4 Å². The number of benzene rings is 1. The molecule has 1 aromatic carbocycles. The van der Waals surface area contributed by atoms with Crippen LogP contribution in [0.5, 0.6) is 5.75 Å². The van der Waals surface area contributed by atoms with Gasteiger partial charge in [-0.05, 0) is 50.7 Å². The predicted octanol–water partition coefficient (Wildman–Crippen LogP) is 1.06. The Bertz CT molecular complexity index is 1030. The topological polar surface area (TPSA) is 85.4 Å². The van der Waals surface area contributed by atoms with Gasteiger partial charge >= 0.3 is 0 Å². The smallest absolute Gasteiger partial charge is 0.268 e. The summed E-state index contributed by atoms with van der Waals surface area (Å²) in [5.74, 6) is 0.479. The molecule has 9 nitrogen and oxygen atoms in total. The van der Waals surface area contributed by atoms with E-state index in [1.54, 1.807) is 22.5 Å². The molecule has 3 heterocycles. The third kappa shape index (κ3) is 4.62. The Hall–Kier alpha value is -2.14. The van der Waals surface area contributed by atoms with Crippen LogP contribution in [0.25, 0.3) is 0 Å². The Kier molecular flexibility index (Phi) is 6.99. The monoisotopic (exact) mass is 477 g/mol. The number of likely N-dealkylation sites (N-methyl/N-ethyl adjacent to an activating group) is 2. The lowest BCUT2D eigenvalue weighted by molar-refractivity contribution is -0.118. The lowest BCUT2D eigenvalue weighted by atomic mass is 9.97. The maximum Gasteiger partial charge on any atom is 0.268 e. The van der Waals surface area contributed by atoms with Crippen LogP contribution in [-0.4, -0.2) is 100.0 Å². The summed E-state index contributed by atoms with van der Waals surface area (Å²) in [7, 11) is 0.283. The number of ether oxygens (including phenoxy) is 1. The number of carbonyl (C=O) groups excluding carboxylic acids is 1. The van der Waals surface area contributed by atoms with Crippen LogP contribution in [0, 0.1) is 0 Å². The van der Waals surface area contributed by atoms with Gasteiger partial charge in [-0.25, -0.2) is 8.42 Å². The van der Waals surface area contributed by atoms with Crippen molar-refractivity contribution in [2.45, 2.75) is 31.2 Å². The summed E-state index contributed by atoms with van der Waals surface area (Å²) in [4.78, 5) is 19.5. The van der Waals surface area contributed by atoms with Crippen LogP contribution in [0.2, 0.25) is 0 Å². The Labute approximate surface area is 197 Å². The first-order chi connectivity index (χ1) is 15.8. The molecule has 1 atom stereocenters. The Morgan fingerprint density at radius 3 is 2.52 bits per heavy atom. The summed E-state index contributed by atoms with van der Waals surface area (Å²) in [6.45, 7) is 9.12. The molecule has 0 radical (unpaired) electrons. The van der Waals surface area contributed by atoms with E-state index >= 15 is 0 Å². The van der Waals surface area contributed by atoms with E-state index < -0.39 is 16.1 Å². The summed E-state index contributed by atoms with van der Waals surface area (Å²) in [6.07, 6.45) is 1.02. The number of amides is 1. The van der Waals surface area contributed by atoms with Crippen molar-refractivity contribution in [1.82, 2.24) is 24.3 Å². The first kappa shape index (κ1) is 24.0. The highest BCUT2D eigenvalue weighted by Gasteiger charge is 2.40. The minimum atomic E-state index is -3.64. The van der Waals surface area contributed by atoms with Gasteiger partial charge in [-0.2, -0.15) is 4.31 Å². The van der Waals surface area contributed by atoms with Crippen molar-refractivity contribution in [2.75, 3.05) is 66.6 Å². The number of hydrogen-bond acceptors (Lipinski definition) is 7. The van der Waals surface area contributed by atoms with E-state index in [2.05, 4.69) is 22.0 Å². The van der Waals surface area contributed by atoms with Crippen LogP contribution >= 0.6 is 0 Å². The quantitative estimate of drug-likeness (QED) is 0.629. The van der Waals surface area contributed by atoms with Crippen molar-refractivity contribution in [1.29, 1.82) is 0 Å². The molecule has 1 fully saturated rings. The van der Waals surface area contributed by atoms with Gasteiger partial charge < -0.3 is 19.9 Å². The largest absolute Gasteiger partial charge is 0.494 e. The zero-order valence-electron chi connectivity index (χ0n) is 20.0. The van der Waals surface area contributed by atoms with Gasteiger partial charge in [0, 0.05) is 45.3 Å². The second kappa shape index (κ2) is 9.61. The third-order valence-electron chi connectivity index (χ3n) is 6.56. The SMILES string of the molecule is CCCN1CC2=C(C(=O)NC2c2cc(S(=O)(=O)N3CCN(C)CC3)ccc2OCC)N(C)C1. The van der Waals surface area contributed by atoms with Gasteiger partial charge in [-0.1, -0.05) is 6.92 Å². The van der Waals surface area contributed by atoms with E-state index in [9.17, 15) is 13.2 Å². The molecular formula is C23H35N5O4S. The molecule has 182 valence electrons. The summed E-state index contributed by atoms with van der Waals surface area (Å²) in [5, 5.41) is 3.09. The van der Waals surface area contributed by atoms with Crippen molar-refractivity contribution in [3.63, 3.8) is 0 Å². The minimum absolute atomic E-state index is 0.122. The molecule has 0 aromatic heterocycles. The lowest BCUT2D eigenvalue weighted by Crippen LogP contribution is -2.47. The number of rotatable bonds is 7. The van der Waals surface area contributed by atoms with Crippen LogP contribution in [0.3, 0.4) is 0 Å². The van der Waals surface area contributed by atoms with Crippen LogP contribution < -0.4 is 10.1 Å². The molecule has 3 aliphatic rings. The van der Waals surface area contributed by atoms with Crippen molar-refractivity contribution in [2.24, 2.45) is 0 Å². The van der Waals surface area contributed by atoms with Gasteiger partial charge in [0.1, 0.15) is 11.4 Å². The fraction of sp³-hybridized carbons (Fsp3) is 0.609. The highest BCUT2D eigenvalue weighted by Crippen LogP contribution is 2.39. The van der Waals surface area contributed by atoms with Crippen LogP contribution in [0.4, 0.5) is 0 Å². The number of carbonyl (C=O) groups is 1. The molecular weight excluding hydrogens is 442 g/mol. The molecule has 1 aromatic rings. The van der Waals surface area contributed by atoms with E-state index in [-0.39, 0.29) is 10.8 Å². The van der Waals surface area contributed by atoms with E-state index in [4.69, 9.17) is 4.74 Å². The molecule has 33 heavy (non-hydrogen) atoms. The van der Waals surface area contributed by atoms with Gasteiger partial charge in [-0.15, -0.1) is 0 Å². The lowest BCUT2D eigenvalue weighted by Gasteiger charge is -2.35. The van der Waals surface area contributed by atoms with Gasteiger partial charge in [0.15, 0.2) is 0 Å². The van der Waals surface area contributed by atoms with Crippen molar-refractivity contribution >= 4 is 15.9 Å². The summed E-state index contributed by atoms with van der Waals surface area (Å²) < 4.78 is 34.3. The first-order valence-electron chi connectivity index (χ1n) is 11.7. The zero-order chi connectivity index (χ0) is 23.8. The van der Waals surface area contributed by atoms with Crippen LogP contribution in [0.1, 0.15) is 31.9 Å². The van der Waals surface area contributed by atoms with E-state index in [0.717, 1.165) is 18.5 Å². The Morgan fingerprint density at radius 1 is 1.12 bits per heavy atom. The van der Waals surface area contributed by atoms with Gasteiger partial charge in [0.05, 0.1) is 24.2 Å². The Balaban J connectivity index is 1.73. The molecule has 4 rings (SSSR count). The summed E-state index contributed by atoms with van der Waals surface area (Å²) in [5.41, 5.74) is 2.34. The van der Waals surface area contributed by atoms with Gasteiger partial charge in [0.2, 0.25) is 10.0 Å². The summed E-state index contributed by atoms with van der Waals surface area (Å²) in [6, 6.07) is 4.62. The van der Waals surface area contributed by atoms with E-state index in [0.29, 0.717) is 63.0 Å². The van der Waals surface area contributed by atoms with Gasteiger partial charge in [0.25, 0.3) is 5.91 Å². The van der Waals surface area contributed by atoms with E-state index in [1.165, 1.54) is 0 Å². The van der Waals surface area contributed by atoms with Crippen molar-refractivity contribution in [3.8, 4) is 5.75 Å². The Morgan fingerprint density at radius 2 is 1.85 bits per heavy atom. The molecule has 3 aliphatic heterocycles. The highest BCUT2D eigenvalue weighted by molar-refractivity contribution is 7.89. The standard InChI is InChI=1S/C23H35N5O4S/c1-5-9-27-15-19-21(24-23(29)22(19)26(4)16-27)18-14-17(7-8-20(18)32-6-2)33(30,31)28-12-10-25(3)11-13-28/h7-8,14,21H,5-6,9-13,15-16H2,1-4H3,(H,24,29). The minimum Gasteiger partial charge on any atom is -0.494 e. The molecule has 0 spiro atoms. The third-order valence-corrected chi connectivity index (χ3v) is 8.46. The number of hydrogen-bond donors (Lipinski definition) is 1. The van der Waals surface area contributed by atoms with E-state index in [1.807, 2.05) is 25.9 Å². The molecule has 1 N–H and O–H groups in total. The molecule has 0 aliphatic carbocycles. The molecule has 1 unspecified atom stereocenters. The normalized spacial score (nSPS) is 23.1. The molecule has 1 saturated heterocycles. The summed E-state index contributed by atoms with van der Waals surface area (Å²) >= 11 is 0. The van der Waals surface area contributed by atoms with Gasteiger partial charge in [-0.3, -0.25) is 9.69 Å².